The number of piperidine rings is 1. The number of nitrogens with zero attached hydrogens (tertiary/aromatic N) is 1. The minimum absolute atomic E-state index is 0.118. The quantitative estimate of drug-likeness (QED) is 0.794. The minimum Gasteiger partial charge on any atom is -0.392 e. The fourth-order valence-corrected chi connectivity index (χ4v) is 2.98. The van der Waals surface area contributed by atoms with Gasteiger partial charge in [0, 0.05) is 12.6 Å². The molecule has 0 radical (unpaired) electrons. The van der Waals surface area contributed by atoms with Crippen molar-refractivity contribution < 1.29 is 9.90 Å². The van der Waals surface area contributed by atoms with Crippen molar-refractivity contribution in [1.29, 1.82) is 0 Å². The highest BCUT2D eigenvalue weighted by Gasteiger charge is 2.31. The van der Waals surface area contributed by atoms with Gasteiger partial charge in [-0.1, -0.05) is 19.8 Å². The van der Waals surface area contributed by atoms with Crippen LogP contribution in [-0.2, 0) is 4.79 Å². The Morgan fingerprint density at radius 3 is 2.61 bits per heavy atom. The summed E-state index contributed by atoms with van der Waals surface area (Å²) in [7, 11) is 0. The monoisotopic (exact) mass is 254 g/mol. The fourth-order valence-electron chi connectivity index (χ4n) is 2.98. The average molecular weight is 254 g/mol. The van der Waals surface area contributed by atoms with Gasteiger partial charge in [-0.2, -0.15) is 0 Å². The molecule has 1 saturated heterocycles. The summed E-state index contributed by atoms with van der Waals surface area (Å²) < 4.78 is 0. The van der Waals surface area contributed by atoms with E-state index in [1.54, 1.807) is 0 Å². The molecule has 0 bridgehead atoms. The topological polar surface area (TPSA) is 52.6 Å². The number of rotatable bonds is 3. The Morgan fingerprint density at radius 1 is 1.33 bits per heavy atom. The first-order valence-electron chi connectivity index (χ1n) is 7.30. The largest absolute Gasteiger partial charge is 0.392 e. The van der Waals surface area contributed by atoms with E-state index in [2.05, 4.69) is 17.1 Å². The zero-order chi connectivity index (χ0) is 13.1. The molecule has 2 fully saturated rings. The van der Waals surface area contributed by atoms with Gasteiger partial charge in [-0.05, 0) is 38.6 Å². The summed E-state index contributed by atoms with van der Waals surface area (Å²) in [5.74, 6) is 0.481. The van der Waals surface area contributed by atoms with E-state index in [1.165, 1.54) is 12.8 Å². The minimum atomic E-state index is -0.291. The Balaban J connectivity index is 1.82. The maximum absolute atomic E-state index is 12.2. The average Bonchev–Trinajstić information content (AvgIpc) is 2.84. The van der Waals surface area contributed by atoms with Crippen LogP contribution in [0.2, 0.25) is 0 Å². The zero-order valence-corrected chi connectivity index (χ0v) is 11.6. The van der Waals surface area contributed by atoms with E-state index in [9.17, 15) is 9.90 Å². The molecule has 4 heteroatoms. The van der Waals surface area contributed by atoms with Crippen molar-refractivity contribution >= 4 is 5.91 Å². The van der Waals surface area contributed by atoms with Crippen LogP contribution in [0.15, 0.2) is 0 Å². The molecule has 2 aliphatic rings. The van der Waals surface area contributed by atoms with E-state index in [-0.39, 0.29) is 18.1 Å². The predicted octanol–water partition coefficient (Wildman–Crippen LogP) is 1.14. The highest BCUT2D eigenvalue weighted by Crippen LogP contribution is 2.20. The van der Waals surface area contributed by atoms with Crippen molar-refractivity contribution in [2.45, 2.75) is 64.1 Å². The Labute approximate surface area is 110 Å². The molecule has 3 atom stereocenters. The van der Waals surface area contributed by atoms with Crippen LogP contribution in [0.1, 0.15) is 46.0 Å². The van der Waals surface area contributed by atoms with Crippen LogP contribution >= 0.6 is 0 Å². The standard InChI is InChI=1S/C14H26N2O2/c1-10-7-8-16(9-13(10)17)11(2)14(18)15-12-5-3-4-6-12/h10-13,17H,3-9H2,1-2H3,(H,15,18). The van der Waals surface area contributed by atoms with Crippen molar-refractivity contribution in [2.75, 3.05) is 13.1 Å². The number of aliphatic hydroxyl groups excluding tert-OH is 1. The first-order chi connectivity index (χ1) is 8.58. The molecule has 4 nitrogen and oxygen atoms in total. The van der Waals surface area contributed by atoms with Crippen LogP contribution in [0.3, 0.4) is 0 Å². The molecule has 1 heterocycles. The lowest BCUT2D eigenvalue weighted by Crippen LogP contribution is -2.53. The van der Waals surface area contributed by atoms with Gasteiger partial charge in [0.2, 0.25) is 5.91 Å². The summed E-state index contributed by atoms with van der Waals surface area (Å²) >= 11 is 0. The van der Waals surface area contributed by atoms with E-state index in [4.69, 9.17) is 0 Å². The highest BCUT2D eigenvalue weighted by molar-refractivity contribution is 5.81. The third kappa shape index (κ3) is 3.23. The lowest BCUT2D eigenvalue weighted by Gasteiger charge is -2.37. The van der Waals surface area contributed by atoms with E-state index in [0.717, 1.165) is 25.8 Å². The Kier molecular flexibility index (Phi) is 4.62. The van der Waals surface area contributed by atoms with Gasteiger partial charge in [0.1, 0.15) is 0 Å². The molecule has 2 rings (SSSR count). The second-order valence-electron chi connectivity index (χ2n) is 5.99. The number of hydrogen-bond acceptors (Lipinski definition) is 3. The van der Waals surface area contributed by atoms with Crippen molar-refractivity contribution in [2.24, 2.45) is 5.92 Å². The number of hydrogen-bond donors (Lipinski definition) is 2. The summed E-state index contributed by atoms with van der Waals surface area (Å²) in [6, 6.07) is 0.265. The molecule has 0 spiro atoms. The van der Waals surface area contributed by atoms with Gasteiger partial charge in [-0.15, -0.1) is 0 Å². The zero-order valence-electron chi connectivity index (χ0n) is 11.6. The lowest BCUT2D eigenvalue weighted by atomic mass is 9.95. The summed E-state index contributed by atoms with van der Waals surface area (Å²) in [5, 5.41) is 13.0. The van der Waals surface area contributed by atoms with Crippen LogP contribution in [0.5, 0.6) is 0 Å². The van der Waals surface area contributed by atoms with Gasteiger partial charge < -0.3 is 10.4 Å². The van der Waals surface area contributed by atoms with Gasteiger partial charge >= 0.3 is 0 Å². The summed E-state index contributed by atoms with van der Waals surface area (Å²) in [5.41, 5.74) is 0. The van der Waals surface area contributed by atoms with Crippen LogP contribution < -0.4 is 5.32 Å². The summed E-state index contributed by atoms with van der Waals surface area (Å²) in [6.45, 7) is 5.57. The number of nitrogens with one attached hydrogen (secondary N) is 1. The predicted molar refractivity (Wildman–Crippen MR) is 71.2 cm³/mol. The Hall–Kier alpha value is -0.610. The van der Waals surface area contributed by atoms with Crippen molar-refractivity contribution in [1.82, 2.24) is 10.2 Å². The van der Waals surface area contributed by atoms with Crippen LogP contribution in [0, 0.1) is 5.92 Å². The van der Waals surface area contributed by atoms with E-state index >= 15 is 0 Å². The maximum Gasteiger partial charge on any atom is 0.237 e. The van der Waals surface area contributed by atoms with Crippen molar-refractivity contribution in [3.8, 4) is 0 Å². The SMILES string of the molecule is CC1CCN(C(C)C(=O)NC2CCCC2)CC1O. The van der Waals surface area contributed by atoms with E-state index in [0.29, 0.717) is 18.5 Å². The Morgan fingerprint density at radius 2 is 2.00 bits per heavy atom. The van der Waals surface area contributed by atoms with Crippen LogP contribution in [0.4, 0.5) is 0 Å². The third-order valence-corrected chi connectivity index (χ3v) is 4.58. The van der Waals surface area contributed by atoms with Crippen LogP contribution in [0.25, 0.3) is 0 Å². The number of aliphatic hydroxyl groups is 1. The maximum atomic E-state index is 12.2. The molecule has 1 amide bonds. The third-order valence-electron chi connectivity index (χ3n) is 4.58. The lowest BCUT2D eigenvalue weighted by molar-refractivity contribution is -0.128. The Bertz CT molecular complexity index is 290. The first kappa shape index (κ1) is 13.8. The molecule has 104 valence electrons. The van der Waals surface area contributed by atoms with Crippen molar-refractivity contribution in [3.63, 3.8) is 0 Å². The summed E-state index contributed by atoms with van der Waals surface area (Å²) in [4.78, 5) is 14.3. The second kappa shape index (κ2) is 6.02. The van der Waals surface area contributed by atoms with Crippen LogP contribution in [-0.4, -0.2) is 47.2 Å². The summed E-state index contributed by atoms with van der Waals surface area (Å²) in [6.07, 6.45) is 5.40. The van der Waals surface area contributed by atoms with Gasteiger partial charge in [0.15, 0.2) is 0 Å². The smallest absolute Gasteiger partial charge is 0.237 e. The molecule has 1 aliphatic heterocycles. The molecular weight excluding hydrogens is 228 g/mol. The molecule has 0 aromatic heterocycles. The molecular formula is C14H26N2O2. The van der Waals surface area contributed by atoms with Gasteiger partial charge in [0.25, 0.3) is 0 Å². The van der Waals surface area contributed by atoms with Gasteiger partial charge in [-0.25, -0.2) is 0 Å². The molecule has 18 heavy (non-hydrogen) atoms. The molecule has 0 aromatic carbocycles. The number of β-amino-alcohol motifs (C(OH)–C–C–N with tert-alkyl or cyclic N) is 1. The number of likely N-dealkylation sites (tertiary alicyclic amines) is 1. The second-order valence-corrected chi connectivity index (χ2v) is 5.99. The molecule has 2 N–H and O–H groups in total. The van der Waals surface area contributed by atoms with E-state index < -0.39 is 0 Å². The number of amides is 1. The van der Waals surface area contributed by atoms with Gasteiger partial charge in [0.05, 0.1) is 12.1 Å². The van der Waals surface area contributed by atoms with Crippen molar-refractivity contribution in [3.05, 3.63) is 0 Å². The normalized spacial score (nSPS) is 32.4. The number of carbonyl (C=O) groups excluding carboxylic acids is 1. The molecule has 0 aromatic rings. The number of carbonyl (C=O) groups is 1. The van der Waals surface area contributed by atoms with Gasteiger partial charge in [-0.3, -0.25) is 9.69 Å². The molecule has 1 aliphatic carbocycles. The fraction of sp³-hybridized carbons (Fsp3) is 0.929. The van der Waals surface area contributed by atoms with E-state index in [1.807, 2.05) is 6.92 Å². The first-order valence-corrected chi connectivity index (χ1v) is 7.30. The highest BCUT2D eigenvalue weighted by atomic mass is 16.3. The molecule has 3 unspecified atom stereocenters. The molecule has 1 saturated carbocycles.